The van der Waals surface area contributed by atoms with Crippen LogP contribution >= 0.6 is 11.6 Å². The first-order valence-corrected chi connectivity index (χ1v) is 8.00. The summed E-state index contributed by atoms with van der Waals surface area (Å²) in [5.41, 5.74) is 1.75. The van der Waals surface area contributed by atoms with Gasteiger partial charge >= 0.3 is 5.97 Å². The number of aliphatic carboxylic acids is 1. The summed E-state index contributed by atoms with van der Waals surface area (Å²) in [6.45, 7) is 0.148. The number of hydrogen-bond donors (Lipinski definition) is 1. The zero-order valence-corrected chi connectivity index (χ0v) is 13.9. The van der Waals surface area contributed by atoms with E-state index in [2.05, 4.69) is 10.1 Å². The Kier molecular flexibility index (Phi) is 5.30. The number of carboxylic acid groups (broad SMARTS) is 1. The number of nitrogens with zero attached hydrogens (tertiary/aromatic N) is 2. The minimum atomic E-state index is -0.812. The number of aryl methyl sites for hydroxylation is 1. The second-order valence-corrected chi connectivity index (χ2v) is 5.78. The molecule has 0 fully saturated rings. The number of carboxylic acids is 1. The Labute approximate surface area is 149 Å². The van der Waals surface area contributed by atoms with E-state index in [4.69, 9.17) is 26.0 Å². The van der Waals surface area contributed by atoms with E-state index in [1.54, 1.807) is 24.3 Å². The summed E-state index contributed by atoms with van der Waals surface area (Å²) in [7, 11) is 0. The van der Waals surface area contributed by atoms with Crippen molar-refractivity contribution >= 4 is 17.6 Å². The van der Waals surface area contributed by atoms with Crippen molar-refractivity contribution < 1.29 is 19.2 Å². The van der Waals surface area contributed by atoms with Gasteiger partial charge in [0.25, 0.3) is 5.89 Å². The molecule has 0 amide bonds. The van der Waals surface area contributed by atoms with E-state index in [-0.39, 0.29) is 13.0 Å². The van der Waals surface area contributed by atoms with Crippen molar-refractivity contribution in [1.82, 2.24) is 10.1 Å². The van der Waals surface area contributed by atoms with Crippen molar-refractivity contribution in [2.24, 2.45) is 0 Å². The van der Waals surface area contributed by atoms with Crippen LogP contribution in [0.3, 0.4) is 0 Å². The third kappa shape index (κ3) is 4.81. The van der Waals surface area contributed by atoms with Crippen LogP contribution < -0.4 is 4.74 Å². The molecule has 1 heterocycles. The normalized spacial score (nSPS) is 10.6. The zero-order valence-electron chi connectivity index (χ0n) is 13.2. The van der Waals surface area contributed by atoms with Gasteiger partial charge in [0.05, 0.1) is 0 Å². The van der Waals surface area contributed by atoms with E-state index < -0.39 is 5.97 Å². The Hall–Kier alpha value is -2.86. The molecular formula is C18H15ClN2O4. The van der Waals surface area contributed by atoms with E-state index in [1.165, 1.54) is 0 Å². The molecular weight excluding hydrogens is 344 g/mol. The van der Waals surface area contributed by atoms with Gasteiger partial charge in [-0.25, -0.2) is 0 Å². The number of halogens is 1. The van der Waals surface area contributed by atoms with Gasteiger partial charge in [-0.3, -0.25) is 4.79 Å². The fourth-order valence-corrected chi connectivity index (χ4v) is 2.30. The third-order valence-electron chi connectivity index (χ3n) is 3.48. The Morgan fingerprint density at radius 2 is 1.84 bits per heavy atom. The van der Waals surface area contributed by atoms with Crippen LogP contribution in [0.2, 0.25) is 5.02 Å². The molecule has 0 aliphatic carbocycles. The van der Waals surface area contributed by atoms with Crippen LogP contribution in [0.1, 0.15) is 17.9 Å². The molecule has 128 valence electrons. The first-order valence-electron chi connectivity index (χ1n) is 7.62. The predicted molar refractivity (Wildman–Crippen MR) is 91.5 cm³/mol. The Balaban J connectivity index is 1.57. The lowest BCUT2D eigenvalue weighted by atomic mass is 10.1. The van der Waals surface area contributed by atoms with E-state index in [9.17, 15) is 4.79 Å². The highest BCUT2D eigenvalue weighted by Crippen LogP contribution is 2.20. The molecule has 25 heavy (non-hydrogen) atoms. The highest BCUT2D eigenvalue weighted by Gasteiger charge is 2.09. The van der Waals surface area contributed by atoms with Gasteiger partial charge in [0, 0.05) is 17.0 Å². The monoisotopic (exact) mass is 358 g/mol. The van der Waals surface area contributed by atoms with Crippen molar-refractivity contribution in [3.8, 4) is 17.1 Å². The summed E-state index contributed by atoms with van der Waals surface area (Å²) in [6, 6.07) is 14.4. The summed E-state index contributed by atoms with van der Waals surface area (Å²) >= 11 is 5.85. The van der Waals surface area contributed by atoms with E-state index in [0.29, 0.717) is 28.9 Å². The maximum atomic E-state index is 10.6. The molecule has 0 radical (unpaired) electrons. The van der Waals surface area contributed by atoms with Gasteiger partial charge in [-0.15, -0.1) is 0 Å². The first-order chi connectivity index (χ1) is 12.1. The van der Waals surface area contributed by atoms with Crippen LogP contribution in [0, 0.1) is 0 Å². The van der Waals surface area contributed by atoms with Crippen molar-refractivity contribution in [1.29, 1.82) is 0 Å². The number of aromatic nitrogens is 2. The van der Waals surface area contributed by atoms with E-state index >= 15 is 0 Å². The largest absolute Gasteiger partial charge is 0.484 e. The standard InChI is InChI=1S/C18H15ClN2O4/c19-14-6-4-13(5-7-14)18-20-16(25-21-18)11-24-15-8-1-12(2-9-15)3-10-17(22)23/h1-2,4-9H,3,10-11H2,(H,22,23). The number of rotatable bonds is 7. The fourth-order valence-electron chi connectivity index (χ4n) is 2.18. The Bertz CT molecular complexity index is 844. The van der Waals surface area contributed by atoms with Gasteiger partial charge in [0.1, 0.15) is 5.75 Å². The molecule has 0 bridgehead atoms. The molecule has 0 aliphatic heterocycles. The van der Waals surface area contributed by atoms with Gasteiger partial charge in [0.2, 0.25) is 5.82 Å². The summed E-state index contributed by atoms with van der Waals surface area (Å²) in [6.07, 6.45) is 0.597. The van der Waals surface area contributed by atoms with Gasteiger partial charge in [-0.2, -0.15) is 4.98 Å². The van der Waals surface area contributed by atoms with Crippen molar-refractivity contribution in [2.45, 2.75) is 19.4 Å². The summed E-state index contributed by atoms with van der Waals surface area (Å²) < 4.78 is 10.8. The van der Waals surface area contributed by atoms with Crippen LogP contribution in [-0.4, -0.2) is 21.2 Å². The topological polar surface area (TPSA) is 85.5 Å². The molecule has 0 unspecified atom stereocenters. The molecule has 6 nitrogen and oxygen atoms in total. The summed E-state index contributed by atoms with van der Waals surface area (Å²) in [4.78, 5) is 14.8. The molecule has 0 atom stereocenters. The molecule has 2 aromatic carbocycles. The number of ether oxygens (including phenoxy) is 1. The summed E-state index contributed by atoms with van der Waals surface area (Å²) in [5, 5.41) is 13.2. The smallest absolute Gasteiger partial charge is 0.303 e. The predicted octanol–water partition coefficient (Wildman–Crippen LogP) is 3.99. The SMILES string of the molecule is O=C(O)CCc1ccc(OCc2nc(-c3ccc(Cl)cc3)no2)cc1. The molecule has 0 aliphatic rings. The highest BCUT2D eigenvalue weighted by atomic mass is 35.5. The van der Waals surface area contributed by atoms with E-state index in [1.807, 2.05) is 24.3 Å². The highest BCUT2D eigenvalue weighted by molar-refractivity contribution is 6.30. The van der Waals surface area contributed by atoms with Gasteiger partial charge in [-0.05, 0) is 48.4 Å². The van der Waals surface area contributed by atoms with Gasteiger partial charge in [-0.1, -0.05) is 28.9 Å². The lowest BCUT2D eigenvalue weighted by Crippen LogP contribution is -1.98. The lowest BCUT2D eigenvalue weighted by Gasteiger charge is -2.04. The van der Waals surface area contributed by atoms with Crippen LogP contribution in [0.15, 0.2) is 53.1 Å². The number of carbonyl (C=O) groups is 1. The van der Waals surface area contributed by atoms with Crippen LogP contribution in [0.5, 0.6) is 5.75 Å². The van der Waals surface area contributed by atoms with Crippen molar-refractivity contribution in [3.05, 3.63) is 65.0 Å². The number of hydrogen-bond acceptors (Lipinski definition) is 5. The van der Waals surface area contributed by atoms with Crippen LogP contribution in [0.25, 0.3) is 11.4 Å². The molecule has 0 saturated carbocycles. The lowest BCUT2D eigenvalue weighted by molar-refractivity contribution is -0.136. The van der Waals surface area contributed by atoms with Crippen molar-refractivity contribution in [3.63, 3.8) is 0 Å². The van der Waals surface area contributed by atoms with Gasteiger partial charge < -0.3 is 14.4 Å². The Morgan fingerprint density at radius 3 is 2.52 bits per heavy atom. The molecule has 3 aromatic rings. The molecule has 1 N–H and O–H groups in total. The second kappa shape index (κ2) is 7.81. The maximum Gasteiger partial charge on any atom is 0.303 e. The third-order valence-corrected chi connectivity index (χ3v) is 3.74. The Morgan fingerprint density at radius 1 is 1.12 bits per heavy atom. The van der Waals surface area contributed by atoms with Crippen LogP contribution in [0.4, 0.5) is 0 Å². The van der Waals surface area contributed by atoms with Crippen molar-refractivity contribution in [2.75, 3.05) is 0 Å². The molecule has 7 heteroatoms. The van der Waals surface area contributed by atoms with E-state index in [0.717, 1.165) is 11.1 Å². The second-order valence-electron chi connectivity index (χ2n) is 5.34. The van der Waals surface area contributed by atoms with Crippen LogP contribution in [-0.2, 0) is 17.8 Å². The zero-order chi connectivity index (χ0) is 17.6. The van der Waals surface area contributed by atoms with Gasteiger partial charge in [0.15, 0.2) is 6.61 Å². The minimum absolute atomic E-state index is 0.107. The minimum Gasteiger partial charge on any atom is -0.484 e. The molecule has 0 spiro atoms. The fraction of sp³-hybridized carbons (Fsp3) is 0.167. The number of benzene rings is 2. The average Bonchev–Trinajstić information content (AvgIpc) is 3.08. The first kappa shape index (κ1) is 17.0. The quantitative estimate of drug-likeness (QED) is 0.687. The molecule has 0 saturated heterocycles. The molecule has 1 aromatic heterocycles. The average molecular weight is 359 g/mol. The molecule has 3 rings (SSSR count). The summed E-state index contributed by atoms with van der Waals surface area (Å²) in [5.74, 6) is 0.665. The maximum absolute atomic E-state index is 10.6.